The molecule has 0 saturated carbocycles. The van der Waals surface area contributed by atoms with E-state index in [1.54, 1.807) is 24.3 Å². The van der Waals surface area contributed by atoms with Crippen LogP contribution in [0.1, 0.15) is 11.1 Å². The Kier molecular flexibility index (Phi) is 6.38. The minimum Gasteiger partial charge on any atom is -0.297 e. The first-order valence-electron chi connectivity index (χ1n) is 7.54. The SMILES string of the molecule is O=C(/C=C/c1ccccc1Cl)Nc1nnc(SCc2ccc(F)cc2)s1. The van der Waals surface area contributed by atoms with E-state index >= 15 is 0 Å². The van der Waals surface area contributed by atoms with Gasteiger partial charge in [0, 0.05) is 16.9 Å². The fourth-order valence-corrected chi connectivity index (χ4v) is 3.88. The highest BCUT2D eigenvalue weighted by Gasteiger charge is 2.07. The third kappa shape index (κ3) is 5.39. The second-order valence-electron chi connectivity index (χ2n) is 5.13. The number of nitrogens with one attached hydrogen (secondary N) is 1. The zero-order valence-electron chi connectivity index (χ0n) is 13.4. The molecule has 0 unspecified atom stereocenters. The normalized spacial score (nSPS) is 11.0. The van der Waals surface area contributed by atoms with Gasteiger partial charge in [0.05, 0.1) is 0 Å². The summed E-state index contributed by atoms with van der Waals surface area (Å²) in [6.45, 7) is 0. The number of nitrogens with zero attached hydrogens (tertiary/aromatic N) is 2. The zero-order valence-corrected chi connectivity index (χ0v) is 15.7. The largest absolute Gasteiger partial charge is 0.297 e. The van der Waals surface area contributed by atoms with E-state index in [0.717, 1.165) is 15.5 Å². The van der Waals surface area contributed by atoms with Crippen molar-refractivity contribution in [1.82, 2.24) is 10.2 Å². The number of rotatable bonds is 6. The first-order valence-corrected chi connectivity index (χ1v) is 9.72. The van der Waals surface area contributed by atoms with E-state index in [1.807, 2.05) is 18.2 Å². The van der Waals surface area contributed by atoms with E-state index in [-0.39, 0.29) is 11.7 Å². The molecule has 0 atom stereocenters. The van der Waals surface area contributed by atoms with Crippen molar-refractivity contribution in [2.45, 2.75) is 10.1 Å². The molecule has 132 valence electrons. The number of halogens is 2. The Bertz CT molecular complexity index is 928. The molecule has 1 heterocycles. The molecule has 3 rings (SSSR count). The van der Waals surface area contributed by atoms with Gasteiger partial charge < -0.3 is 0 Å². The summed E-state index contributed by atoms with van der Waals surface area (Å²) in [5, 5.41) is 11.6. The molecule has 0 spiro atoms. The maximum absolute atomic E-state index is 12.9. The lowest BCUT2D eigenvalue weighted by atomic mass is 10.2. The summed E-state index contributed by atoms with van der Waals surface area (Å²) in [6.07, 6.45) is 3.04. The van der Waals surface area contributed by atoms with Crippen molar-refractivity contribution in [3.8, 4) is 0 Å². The fourth-order valence-electron chi connectivity index (χ4n) is 1.97. The Labute approximate surface area is 163 Å². The average Bonchev–Trinajstić information content (AvgIpc) is 3.08. The lowest BCUT2D eigenvalue weighted by Crippen LogP contribution is -2.07. The van der Waals surface area contributed by atoms with Gasteiger partial charge >= 0.3 is 0 Å². The quantitative estimate of drug-likeness (QED) is 0.344. The molecule has 0 saturated heterocycles. The first kappa shape index (κ1) is 18.6. The van der Waals surface area contributed by atoms with Gasteiger partial charge in [-0.1, -0.05) is 65.0 Å². The van der Waals surface area contributed by atoms with Gasteiger partial charge in [0.2, 0.25) is 11.0 Å². The van der Waals surface area contributed by atoms with Crippen LogP contribution in [0.3, 0.4) is 0 Å². The monoisotopic (exact) mass is 405 g/mol. The Balaban J connectivity index is 1.53. The van der Waals surface area contributed by atoms with E-state index in [1.165, 1.54) is 41.3 Å². The lowest BCUT2D eigenvalue weighted by molar-refractivity contribution is -0.111. The summed E-state index contributed by atoms with van der Waals surface area (Å²) in [6, 6.07) is 13.6. The predicted octanol–water partition coefficient (Wildman–Crippen LogP) is 5.27. The number of aromatic nitrogens is 2. The number of carbonyl (C=O) groups is 1. The van der Waals surface area contributed by atoms with Gasteiger partial charge in [-0.15, -0.1) is 10.2 Å². The van der Waals surface area contributed by atoms with Crippen LogP contribution in [0.4, 0.5) is 9.52 Å². The minimum atomic E-state index is -0.309. The summed E-state index contributed by atoms with van der Waals surface area (Å²) in [5.41, 5.74) is 1.75. The number of hydrogen-bond donors (Lipinski definition) is 1. The Hall–Kier alpha value is -2.22. The second-order valence-corrected chi connectivity index (χ2v) is 7.74. The summed E-state index contributed by atoms with van der Waals surface area (Å²) in [5.74, 6) is 0.0793. The number of hydrogen-bond acceptors (Lipinski definition) is 5. The van der Waals surface area contributed by atoms with Gasteiger partial charge in [0.15, 0.2) is 4.34 Å². The minimum absolute atomic E-state index is 0.260. The molecule has 1 aromatic heterocycles. The maximum atomic E-state index is 12.9. The van der Waals surface area contributed by atoms with E-state index in [4.69, 9.17) is 11.6 Å². The van der Waals surface area contributed by atoms with Crippen molar-refractivity contribution in [2.75, 3.05) is 5.32 Å². The smallest absolute Gasteiger partial charge is 0.250 e. The number of benzene rings is 2. The van der Waals surface area contributed by atoms with Crippen molar-refractivity contribution >= 4 is 51.8 Å². The van der Waals surface area contributed by atoms with Crippen LogP contribution in [-0.4, -0.2) is 16.1 Å². The molecule has 1 amide bonds. The van der Waals surface area contributed by atoms with Gasteiger partial charge in [0.1, 0.15) is 5.82 Å². The molecule has 0 aliphatic heterocycles. The molecule has 0 aliphatic carbocycles. The number of thioether (sulfide) groups is 1. The van der Waals surface area contributed by atoms with Crippen LogP contribution in [-0.2, 0) is 10.5 Å². The number of amides is 1. The molecule has 4 nitrogen and oxygen atoms in total. The molecule has 3 aromatic rings. The molecule has 0 aliphatic rings. The van der Waals surface area contributed by atoms with Gasteiger partial charge in [-0.25, -0.2) is 4.39 Å². The Morgan fingerprint density at radius 2 is 1.96 bits per heavy atom. The second kappa shape index (κ2) is 8.93. The molecule has 0 fully saturated rings. The van der Waals surface area contributed by atoms with Gasteiger partial charge in [0.25, 0.3) is 0 Å². The Morgan fingerprint density at radius 3 is 2.73 bits per heavy atom. The molecule has 8 heteroatoms. The van der Waals surface area contributed by atoms with Gasteiger partial charge in [-0.3, -0.25) is 10.1 Å². The molecule has 0 radical (unpaired) electrons. The third-order valence-corrected chi connectivity index (χ3v) is 5.62. The zero-order chi connectivity index (χ0) is 18.4. The highest BCUT2D eigenvalue weighted by Crippen LogP contribution is 2.28. The van der Waals surface area contributed by atoms with Crippen LogP contribution in [0.2, 0.25) is 5.02 Å². The van der Waals surface area contributed by atoms with Crippen molar-refractivity contribution in [1.29, 1.82) is 0 Å². The molecule has 0 bridgehead atoms. The van der Waals surface area contributed by atoms with E-state index in [9.17, 15) is 9.18 Å². The van der Waals surface area contributed by atoms with E-state index < -0.39 is 0 Å². The van der Waals surface area contributed by atoms with Crippen LogP contribution >= 0.6 is 34.7 Å². The lowest BCUT2D eigenvalue weighted by Gasteiger charge is -1.98. The molecular formula is C18H13ClFN3OS2. The topological polar surface area (TPSA) is 54.9 Å². The highest BCUT2D eigenvalue weighted by atomic mass is 35.5. The molecular weight excluding hydrogens is 393 g/mol. The number of carbonyl (C=O) groups excluding carboxylic acids is 1. The number of anilines is 1. The van der Waals surface area contributed by atoms with Crippen molar-refractivity contribution < 1.29 is 9.18 Å². The first-order chi connectivity index (χ1) is 12.6. The van der Waals surface area contributed by atoms with Crippen LogP contribution in [0.5, 0.6) is 0 Å². The van der Waals surface area contributed by atoms with Crippen molar-refractivity contribution in [2.24, 2.45) is 0 Å². The summed E-state index contributed by atoms with van der Waals surface area (Å²) < 4.78 is 13.6. The average molecular weight is 406 g/mol. The van der Waals surface area contributed by atoms with Gasteiger partial charge in [-0.05, 0) is 35.4 Å². The Morgan fingerprint density at radius 1 is 1.19 bits per heavy atom. The van der Waals surface area contributed by atoms with Crippen molar-refractivity contribution in [3.05, 3.63) is 76.6 Å². The third-order valence-electron chi connectivity index (χ3n) is 3.23. The summed E-state index contributed by atoms with van der Waals surface area (Å²) >= 11 is 8.80. The fraction of sp³-hybridized carbons (Fsp3) is 0.0556. The van der Waals surface area contributed by atoms with Crippen LogP contribution < -0.4 is 5.32 Å². The van der Waals surface area contributed by atoms with E-state index in [0.29, 0.717) is 15.9 Å². The standard InChI is InChI=1S/C18H13ClFN3OS2/c19-15-4-2-1-3-13(15)7-10-16(24)21-17-22-23-18(26-17)25-11-12-5-8-14(20)9-6-12/h1-10H,11H2,(H,21,22,24)/b10-7+. The molecule has 2 aromatic carbocycles. The predicted molar refractivity (Wildman–Crippen MR) is 105 cm³/mol. The molecule has 26 heavy (non-hydrogen) atoms. The maximum Gasteiger partial charge on any atom is 0.250 e. The summed E-state index contributed by atoms with van der Waals surface area (Å²) in [4.78, 5) is 12.0. The summed E-state index contributed by atoms with van der Waals surface area (Å²) in [7, 11) is 0. The van der Waals surface area contributed by atoms with Crippen LogP contribution in [0, 0.1) is 5.82 Å². The van der Waals surface area contributed by atoms with Gasteiger partial charge in [-0.2, -0.15) is 0 Å². The molecule has 1 N–H and O–H groups in total. The highest BCUT2D eigenvalue weighted by molar-refractivity contribution is 8.00. The van der Waals surface area contributed by atoms with E-state index in [2.05, 4.69) is 15.5 Å². The van der Waals surface area contributed by atoms with Crippen LogP contribution in [0.25, 0.3) is 6.08 Å². The van der Waals surface area contributed by atoms with Crippen molar-refractivity contribution in [3.63, 3.8) is 0 Å². The van der Waals surface area contributed by atoms with Crippen LogP contribution in [0.15, 0.2) is 58.9 Å².